The first-order valence-corrected chi connectivity index (χ1v) is 8.86. The van der Waals surface area contributed by atoms with Crippen molar-refractivity contribution in [2.45, 2.75) is 24.2 Å². The van der Waals surface area contributed by atoms with Crippen molar-refractivity contribution in [1.29, 1.82) is 0 Å². The standard InChI is InChI=1S/C13H16ClN5O2S/c14-10-5-4-6-11(9-10)22(20,21)18-12-15-13(17-16-12)19-7-2-1-3-8-19/h4-6,9H,1-3,7-8H2,(H2,15,16,17,18). The third kappa shape index (κ3) is 3.33. The molecule has 9 heteroatoms. The van der Waals surface area contributed by atoms with Crippen LogP contribution < -0.4 is 9.62 Å². The van der Waals surface area contributed by atoms with Gasteiger partial charge in [-0.1, -0.05) is 17.7 Å². The highest BCUT2D eigenvalue weighted by molar-refractivity contribution is 7.92. The van der Waals surface area contributed by atoms with Crippen LogP contribution in [-0.2, 0) is 10.0 Å². The molecule has 3 rings (SSSR count). The van der Waals surface area contributed by atoms with Crippen LogP contribution >= 0.6 is 11.6 Å². The number of piperidine rings is 1. The number of nitrogens with one attached hydrogen (secondary N) is 2. The van der Waals surface area contributed by atoms with Gasteiger partial charge in [-0.2, -0.15) is 4.98 Å². The number of rotatable bonds is 4. The Hall–Kier alpha value is -1.80. The molecular weight excluding hydrogens is 326 g/mol. The summed E-state index contributed by atoms with van der Waals surface area (Å²) in [6.07, 6.45) is 3.39. The molecule has 0 atom stereocenters. The predicted molar refractivity (Wildman–Crippen MR) is 84.7 cm³/mol. The molecule has 22 heavy (non-hydrogen) atoms. The van der Waals surface area contributed by atoms with Crippen LogP contribution in [0, 0.1) is 0 Å². The Kier molecular flexibility index (Phi) is 4.21. The van der Waals surface area contributed by atoms with Gasteiger partial charge in [0.1, 0.15) is 0 Å². The van der Waals surface area contributed by atoms with Crippen LogP contribution in [0.5, 0.6) is 0 Å². The fourth-order valence-corrected chi connectivity index (χ4v) is 3.61. The average molecular weight is 342 g/mol. The lowest BCUT2D eigenvalue weighted by molar-refractivity contribution is 0.569. The van der Waals surface area contributed by atoms with Gasteiger partial charge in [0.15, 0.2) is 0 Å². The minimum Gasteiger partial charge on any atom is -0.340 e. The summed E-state index contributed by atoms with van der Waals surface area (Å²) in [6.45, 7) is 1.77. The smallest absolute Gasteiger partial charge is 0.264 e. The monoisotopic (exact) mass is 341 g/mol. The van der Waals surface area contributed by atoms with Crippen LogP contribution in [0.25, 0.3) is 0 Å². The van der Waals surface area contributed by atoms with Crippen LogP contribution in [0.3, 0.4) is 0 Å². The molecule has 1 saturated heterocycles. The molecule has 0 spiro atoms. The molecule has 1 aromatic carbocycles. The van der Waals surface area contributed by atoms with Crippen molar-refractivity contribution in [2.24, 2.45) is 0 Å². The van der Waals surface area contributed by atoms with Gasteiger partial charge in [-0.15, -0.1) is 5.10 Å². The van der Waals surface area contributed by atoms with Crippen LogP contribution in [0.15, 0.2) is 29.2 Å². The molecule has 0 aliphatic carbocycles. The Bertz CT molecular complexity index is 755. The summed E-state index contributed by atoms with van der Waals surface area (Å²) in [7, 11) is -3.74. The second-order valence-electron chi connectivity index (χ2n) is 5.09. The normalized spacial score (nSPS) is 15.8. The molecule has 0 saturated carbocycles. The molecule has 1 aliphatic rings. The van der Waals surface area contributed by atoms with E-state index >= 15 is 0 Å². The number of anilines is 2. The number of halogens is 1. The predicted octanol–water partition coefficient (Wildman–Crippen LogP) is 2.25. The molecule has 0 unspecified atom stereocenters. The van der Waals surface area contributed by atoms with Gasteiger partial charge >= 0.3 is 0 Å². The van der Waals surface area contributed by atoms with E-state index in [1.807, 2.05) is 4.90 Å². The number of aromatic nitrogens is 3. The van der Waals surface area contributed by atoms with Crippen LogP contribution in [0.1, 0.15) is 19.3 Å². The van der Waals surface area contributed by atoms with E-state index in [0.717, 1.165) is 25.9 Å². The van der Waals surface area contributed by atoms with Gasteiger partial charge in [-0.3, -0.25) is 0 Å². The van der Waals surface area contributed by atoms with Crippen LogP contribution in [0.2, 0.25) is 5.02 Å². The molecule has 1 aliphatic heterocycles. The third-order valence-electron chi connectivity index (χ3n) is 3.45. The van der Waals surface area contributed by atoms with E-state index in [0.29, 0.717) is 11.0 Å². The Labute approximate surface area is 133 Å². The van der Waals surface area contributed by atoms with Crippen molar-refractivity contribution in [1.82, 2.24) is 15.2 Å². The minimum absolute atomic E-state index is 0.0796. The first-order valence-electron chi connectivity index (χ1n) is 7.00. The Morgan fingerprint density at radius 2 is 2.00 bits per heavy atom. The van der Waals surface area contributed by atoms with E-state index in [1.54, 1.807) is 12.1 Å². The van der Waals surface area contributed by atoms with Gasteiger partial charge < -0.3 is 4.90 Å². The van der Waals surface area contributed by atoms with Crippen molar-refractivity contribution in [2.75, 3.05) is 22.7 Å². The molecule has 7 nitrogen and oxygen atoms in total. The lowest BCUT2D eigenvalue weighted by atomic mass is 10.1. The quantitative estimate of drug-likeness (QED) is 0.890. The van der Waals surface area contributed by atoms with Crippen LogP contribution in [0.4, 0.5) is 11.9 Å². The molecule has 1 fully saturated rings. The number of hydrogen-bond acceptors (Lipinski definition) is 5. The largest absolute Gasteiger partial charge is 0.340 e. The third-order valence-corrected chi connectivity index (χ3v) is 5.02. The number of benzene rings is 1. The zero-order valence-electron chi connectivity index (χ0n) is 11.8. The Balaban J connectivity index is 1.76. The second kappa shape index (κ2) is 6.13. The minimum atomic E-state index is -3.74. The first-order chi connectivity index (χ1) is 10.5. The first kappa shape index (κ1) is 15.1. The summed E-state index contributed by atoms with van der Waals surface area (Å²) < 4.78 is 26.9. The summed E-state index contributed by atoms with van der Waals surface area (Å²) in [5.41, 5.74) is 0. The molecule has 2 heterocycles. The maximum atomic E-state index is 12.3. The average Bonchev–Trinajstić information content (AvgIpc) is 2.96. The summed E-state index contributed by atoms with van der Waals surface area (Å²) in [5.74, 6) is 0.615. The van der Waals surface area contributed by atoms with Crippen molar-refractivity contribution < 1.29 is 8.42 Å². The van der Waals surface area contributed by atoms with Gasteiger partial charge in [0.25, 0.3) is 10.0 Å². The Morgan fingerprint density at radius 1 is 1.23 bits per heavy atom. The van der Waals surface area contributed by atoms with E-state index < -0.39 is 10.0 Å². The van der Waals surface area contributed by atoms with Crippen molar-refractivity contribution in [3.8, 4) is 0 Å². The van der Waals surface area contributed by atoms with Gasteiger partial charge in [0.2, 0.25) is 11.9 Å². The second-order valence-corrected chi connectivity index (χ2v) is 7.21. The summed E-state index contributed by atoms with van der Waals surface area (Å²) in [5, 5.41) is 7.05. The summed E-state index contributed by atoms with van der Waals surface area (Å²) in [6, 6.07) is 6.04. The number of nitrogens with zero attached hydrogens (tertiary/aromatic N) is 3. The zero-order valence-corrected chi connectivity index (χ0v) is 13.4. The number of H-pyrrole nitrogens is 1. The van der Waals surface area contributed by atoms with Crippen molar-refractivity contribution >= 4 is 33.5 Å². The molecule has 0 bridgehead atoms. The molecular formula is C13H16ClN5O2S. The van der Waals surface area contributed by atoms with E-state index in [4.69, 9.17) is 11.6 Å². The highest BCUT2D eigenvalue weighted by Gasteiger charge is 2.19. The lowest BCUT2D eigenvalue weighted by Gasteiger charge is -2.24. The molecule has 0 amide bonds. The van der Waals surface area contributed by atoms with Gasteiger partial charge in [-0.25, -0.2) is 18.2 Å². The SMILES string of the molecule is O=S(=O)(Nc1nc(N2CCCCC2)n[nH]1)c1cccc(Cl)c1. The molecule has 2 N–H and O–H groups in total. The molecule has 0 radical (unpaired) electrons. The van der Waals surface area contributed by atoms with Crippen LogP contribution in [-0.4, -0.2) is 36.7 Å². The summed E-state index contributed by atoms with van der Waals surface area (Å²) in [4.78, 5) is 6.32. The fraction of sp³-hybridized carbons (Fsp3) is 0.385. The fourth-order valence-electron chi connectivity index (χ4n) is 2.35. The van der Waals surface area contributed by atoms with Gasteiger partial charge in [0, 0.05) is 18.1 Å². The van der Waals surface area contributed by atoms with Gasteiger partial charge in [0.05, 0.1) is 4.90 Å². The van der Waals surface area contributed by atoms with E-state index in [2.05, 4.69) is 19.9 Å². The van der Waals surface area contributed by atoms with E-state index in [9.17, 15) is 8.42 Å². The Morgan fingerprint density at radius 3 is 2.73 bits per heavy atom. The van der Waals surface area contributed by atoms with E-state index in [-0.39, 0.29) is 10.8 Å². The number of aromatic amines is 1. The van der Waals surface area contributed by atoms with Crippen molar-refractivity contribution in [3.63, 3.8) is 0 Å². The lowest BCUT2D eigenvalue weighted by Crippen LogP contribution is -2.30. The number of hydrogen-bond donors (Lipinski definition) is 2. The van der Waals surface area contributed by atoms with Crippen molar-refractivity contribution in [3.05, 3.63) is 29.3 Å². The topological polar surface area (TPSA) is 91.0 Å². The van der Waals surface area contributed by atoms with E-state index in [1.165, 1.54) is 18.6 Å². The zero-order chi connectivity index (χ0) is 15.6. The summed E-state index contributed by atoms with van der Waals surface area (Å²) >= 11 is 5.82. The number of sulfonamides is 1. The molecule has 1 aromatic heterocycles. The van der Waals surface area contributed by atoms with Gasteiger partial charge in [-0.05, 0) is 37.5 Å². The highest BCUT2D eigenvalue weighted by Crippen LogP contribution is 2.20. The maximum Gasteiger partial charge on any atom is 0.264 e. The molecule has 118 valence electrons. The highest BCUT2D eigenvalue weighted by atomic mass is 35.5. The maximum absolute atomic E-state index is 12.3. The molecule has 2 aromatic rings.